The van der Waals surface area contributed by atoms with Crippen molar-refractivity contribution in [3.63, 3.8) is 0 Å². The molecular weight excluding hydrogens is 362 g/mol. The lowest BCUT2D eigenvalue weighted by atomic mass is 10.1. The summed E-state index contributed by atoms with van der Waals surface area (Å²) in [5.41, 5.74) is 1.65. The highest BCUT2D eigenvalue weighted by Crippen LogP contribution is 2.19. The first kappa shape index (κ1) is 18.7. The van der Waals surface area contributed by atoms with Crippen molar-refractivity contribution in [3.05, 3.63) is 78.5 Å². The highest BCUT2D eigenvalue weighted by Gasteiger charge is 2.14. The van der Waals surface area contributed by atoms with Gasteiger partial charge < -0.3 is 10.1 Å². The fourth-order valence-electron chi connectivity index (χ4n) is 2.51. The van der Waals surface area contributed by atoms with Gasteiger partial charge in [0.2, 0.25) is 0 Å². The average Bonchev–Trinajstić information content (AvgIpc) is 2.70. The molecule has 1 aromatic heterocycles. The summed E-state index contributed by atoms with van der Waals surface area (Å²) in [5.74, 6) is 1.29. The van der Waals surface area contributed by atoms with Crippen molar-refractivity contribution in [3.8, 4) is 5.75 Å². The van der Waals surface area contributed by atoms with Gasteiger partial charge in [-0.15, -0.1) is 0 Å². The summed E-state index contributed by atoms with van der Waals surface area (Å²) >= 11 is 0. The number of benzene rings is 2. The third kappa shape index (κ3) is 5.21. The van der Waals surface area contributed by atoms with E-state index < -0.39 is 10.0 Å². The Morgan fingerprint density at radius 1 is 0.963 bits per heavy atom. The minimum atomic E-state index is -3.67. The second kappa shape index (κ2) is 8.55. The summed E-state index contributed by atoms with van der Waals surface area (Å²) < 4.78 is 32.4. The van der Waals surface area contributed by atoms with Crippen LogP contribution in [0.15, 0.2) is 77.8 Å². The molecule has 0 aliphatic rings. The van der Waals surface area contributed by atoms with Gasteiger partial charge in [-0.25, -0.2) is 13.4 Å². The second-order valence-electron chi connectivity index (χ2n) is 5.88. The van der Waals surface area contributed by atoms with E-state index in [4.69, 9.17) is 4.74 Å². The molecule has 6 nitrogen and oxygen atoms in total. The Kier molecular flexibility index (Phi) is 5.93. The Labute approximate surface area is 159 Å². The number of pyridine rings is 1. The van der Waals surface area contributed by atoms with Crippen molar-refractivity contribution in [1.82, 2.24) is 4.98 Å². The molecule has 1 heterocycles. The molecule has 0 amide bonds. The molecule has 0 aliphatic heterocycles. The number of sulfonamides is 1. The number of hydrogen-bond acceptors (Lipinski definition) is 5. The SMILES string of the molecule is COc1ccc(S(=O)(=O)Nc2ccc(NCCc3ccccc3)nc2)cc1. The normalized spacial score (nSPS) is 11.0. The summed E-state index contributed by atoms with van der Waals surface area (Å²) in [5, 5.41) is 3.23. The Morgan fingerprint density at radius 2 is 1.70 bits per heavy atom. The standard InChI is InChI=1S/C20H21N3O3S/c1-26-18-8-10-19(11-9-18)27(24,25)23-17-7-12-20(22-15-17)21-14-13-16-5-3-2-4-6-16/h2-12,15,23H,13-14H2,1H3,(H,21,22). The van der Waals surface area contributed by atoms with E-state index in [9.17, 15) is 8.42 Å². The zero-order chi connectivity index (χ0) is 19.1. The Morgan fingerprint density at radius 3 is 2.33 bits per heavy atom. The first-order chi connectivity index (χ1) is 13.1. The molecular formula is C20H21N3O3S. The van der Waals surface area contributed by atoms with Crippen LogP contribution in [0.4, 0.5) is 11.5 Å². The monoisotopic (exact) mass is 383 g/mol. The van der Waals surface area contributed by atoms with Crippen molar-refractivity contribution in [1.29, 1.82) is 0 Å². The molecule has 2 N–H and O–H groups in total. The largest absolute Gasteiger partial charge is 0.497 e. The molecule has 0 atom stereocenters. The number of nitrogens with zero attached hydrogens (tertiary/aromatic N) is 1. The van der Waals surface area contributed by atoms with Crippen molar-refractivity contribution in [2.24, 2.45) is 0 Å². The first-order valence-electron chi connectivity index (χ1n) is 8.47. The smallest absolute Gasteiger partial charge is 0.261 e. The molecule has 0 bridgehead atoms. The van der Waals surface area contributed by atoms with Crippen LogP contribution in [-0.2, 0) is 16.4 Å². The third-order valence-electron chi connectivity index (χ3n) is 3.95. The lowest BCUT2D eigenvalue weighted by Crippen LogP contribution is -2.13. The fourth-order valence-corrected chi connectivity index (χ4v) is 3.55. The summed E-state index contributed by atoms with van der Waals surface area (Å²) in [6.45, 7) is 0.744. The number of hydrogen-bond donors (Lipinski definition) is 2. The third-order valence-corrected chi connectivity index (χ3v) is 5.35. The highest BCUT2D eigenvalue weighted by molar-refractivity contribution is 7.92. The van der Waals surface area contributed by atoms with E-state index in [1.807, 2.05) is 18.2 Å². The van der Waals surface area contributed by atoms with Gasteiger partial charge in [0.15, 0.2) is 0 Å². The first-order valence-corrected chi connectivity index (χ1v) is 9.96. The van der Waals surface area contributed by atoms with Crippen LogP contribution in [0.25, 0.3) is 0 Å². The average molecular weight is 383 g/mol. The lowest BCUT2D eigenvalue weighted by Gasteiger charge is -2.10. The van der Waals surface area contributed by atoms with Gasteiger partial charge >= 0.3 is 0 Å². The minimum Gasteiger partial charge on any atom is -0.497 e. The van der Waals surface area contributed by atoms with Crippen LogP contribution in [-0.4, -0.2) is 27.1 Å². The highest BCUT2D eigenvalue weighted by atomic mass is 32.2. The molecule has 0 saturated heterocycles. The van der Waals surface area contributed by atoms with Crippen molar-refractivity contribution in [2.75, 3.05) is 23.7 Å². The molecule has 2 aromatic carbocycles. The van der Waals surface area contributed by atoms with Crippen LogP contribution in [0, 0.1) is 0 Å². The van der Waals surface area contributed by atoms with Gasteiger partial charge in [-0.2, -0.15) is 0 Å². The quantitative estimate of drug-likeness (QED) is 0.622. The number of anilines is 2. The zero-order valence-electron chi connectivity index (χ0n) is 14.9. The predicted molar refractivity (Wildman–Crippen MR) is 107 cm³/mol. The van der Waals surface area contributed by atoms with Crippen molar-refractivity contribution < 1.29 is 13.2 Å². The predicted octanol–water partition coefficient (Wildman–Crippen LogP) is 3.55. The Balaban J connectivity index is 1.57. The van der Waals surface area contributed by atoms with Crippen LogP contribution < -0.4 is 14.8 Å². The summed E-state index contributed by atoms with van der Waals surface area (Å²) in [6.07, 6.45) is 2.38. The van der Waals surface area contributed by atoms with E-state index in [1.54, 1.807) is 24.3 Å². The number of ether oxygens (including phenoxy) is 1. The van der Waals surface area contributed by atoms with Crippen LogP contribution in [0.2, 0.25) is 0 Å². The Hall–Kier alpha value is -3.06. The molecule has 27 heavy (non-hydrogen) atoms. The maximum absolute atomic E-state index is 12.4. The molecule has 3 rings (SSSR count). The zero-order valence-corrected chi connectivity index (χ0v) is 15.7. The molecule has 0 radical (unpaired) electrons. The van der Waals surface area contributed by atoms with E-state index in [2.05, 4.69) is 27.2 Å². The van der Waals surface area contributed by atoms with Gasteiger partial charge in [0.1, 0.15) is 11.6 Å². The van der Waals surface area contributed by atoms with Crippen LogP contribution in [0.3, 0.4) is 0 Å². The van der Waals surface area contributed by atoms with Crippen LogP contribution in [0.1, 0.15) is 5.56 Å². The molecule has 0 aliphatic carbocycles. The maximum Gasteiger partial charge on any atom is 0.261 e. The van der Waals surface area contributed by atoms with E-state index in [0.29, 0.717) is 17.3 Å². The van der Waals surface area contributed by atoms with Gasteiger partial charge in [0.25, 0.3) is 10.0 Å². The van der Waals surface area contributed by atoms with Gasteiger partial charge in [-0.05, 0) is 48.4 Å². The summed E-state index contributed by atoms with van der Waals surface area (Å²) in [6, 6.07) is 19.8. The number of aromatic nitrogens is 1. The number of nitrogens with one attached hydrogen (secondary N) is 2. The lowest BCUT2D eigenvalue weighted by molar-refractivity contribution is 0.414. The van der Waals surface area contributed by atoms with Crippen molar-refractivity contribution in [2.45, 2.75) is 11.3 Å². The molecule has 0 fully saturated rings. The molecule has 0 unspecified atom stereocenters. The molecule has 7 heteroatoms. The molecule has 3 aromatic rings. The van der Waals surface area contributed by atoms with E-state index in [-0.39, 0.29) is 4.90 Å². The number of rotatable bonds is 8. The maximum atomic E-state index is 12.4. The van der Waals surface area contributed by atoms with Gasteiger partial charge in [0, 0.05) is 6.54 Å². The van der Waals surface area contributed by atoms with Gasteiger partial charge in [0.05, 0.1) is 23.9 Å². The fraction of sp³-hybridized carbons (Fsp3) is 0.150. The van der Waals surface area contributed by atoms with Crippen molar-refractivity contribution >= 4 is 21.5 Å². The van der Waals surface area contributed by atoms with Crippen LogP contribution >= 0.6 is 0 Å². The topological polar surface area (TPSA) is 80.3 Å². The second-order valence-corrected chi connectivity index (χ2v) is 7.56. The Bertz CT molecular complexity index is 958. The van der Waals surface area contributed by atoms with Gasteiger partial charge in [-0.3, -0.25) is 4.72 Å². The van der Waals surface area contributed by atoms with E-state index in [0.717, 1.165) is 13.0 Å². The summed E-state index contributed by atoms with van der Waals surface area (Å²) in [4.78, 5) is 4.42. The molecule has 0 saturated carbocycles. The molecule has 140 valence electrons. The van der Waals surface area contributed by atoms with Gasteiger partial charge in [-0.1, -0.05) is 30.3 Å². The van der Waals surface area contributed by atoms with E-state index >= 15 is 0 Å². The van der Waals surface area contributed by atoms with Crippen LogP contribution in [0.5, 0.6) is 5.75 Å². The minimum absolute atomic E-state index is 0.161. The molecule has 0 spiro atoms. The number of methoxy groups -OCH3 is 1. The summed E-state index contributed by atoms with van der Waals surface area (Å²) in [7, 11) is -2.14. The van der Waals surface area contributed by atoms with E-state index in [1.165, 1.54) is 31.0 Å².